The molecule has 0 aliphatic carbocycles. The first kappa shape index (κ1) is 20.5. The van der Waals surface area contributed by atoms with Crippen molar-refractivity contribution in [1.29, 1.82) is 0 Å². The van der Waals surface area contributed by atoms with Crippen LogP contribution in [0, 0.1) is 0 Å². The van der Waals surface area contributed by atoms with Crippen molar-refractivity contribution < 1.29 is 14.3 Å². The summed E-state index contributed by atoms with van der Waals surface area (Å²) >= 11 is 12.3. The van der Waals surface area contributed by atoms with Crippen LogP contribution >= 0.6 is 23.2 Å². The van der Waals surface area contributed by atoms with Gasteiger partial charge in [-0.15, -0.1) is 0 Å². The summed E-state index contributed by atoms with van der Waals surface area (Å²) < 4.78 is 5.89. The Morgan fingerprint density at radius 3 is 2.54 bits per heavy atom. The molecule has 0 atom stereocenters. The lowest BCUT2D eigenvalue weighted by Crippen LogP contribution is -2.52. The Labute approximate surface area is 174 Å². The van der Waals surface area contributed by atoms with E-state index in [-0.39, 0.29) is 24.4 Å². The van der Waals surface area contributed by atoms with Crippen LogP contribution in [-0.4, -0.2) is 23.5 Å². The number of rotatable bonds is 4. The fourth-order valence-corrected chi connectivity index (χ4v) is 3.50. The second-order valence-electron chi connectivity index (χ2n) is 7.55. The highest BCUT2D eigenvalue weighted by Gasteiger charge is 2.41. The lowest BCUT2D eigenvalue weighted by molar-refractivity contribution is -0.132. The molecule has 0 radical (unpaired) electrons. The SMILES string of the molecule is CC(C)NC(=O)c1ccc2c(c1)N(Cc1ccc(Cl)cc1Cl)C(=O)C(C)(C)O2. The first-order chi connectivity index (χ1) is 13.1. The van der Waals surface area contributed by atoms with Gasteiger partial charge in [-0.25, -0.2) is 0 Å². The van der Waals surface area contributed by atoms with E-state index in [1.165, 1.54) is 0 Å². The Bertz CT molecular complexity index is 941. The van der Waals surface area contributed by atoms with Crippen molar-refractivity contribution in [3.8, 4) is 5.75 Å². The zero-order chi connectivity index (χ0) is 20.6. The van der Waals surface area contributed by atoms with Crippen LogP contribution in [0.15, 0.2) is 36.4 Å². The number of hydrogen-bond acceptors (Lipinski definition) is 3. The van der Waals surface area contributed by atoms with Gasteiger partial charge in [0.15, 0.2) is 5.60 Å². The minimum absolute atomic E-state index is 0.00400. The maximum absolute atomic E-state index is 13.1. The molecule has 1 aliphatic rings. The van der Waals surface area contributed by atoms with E-state index < -0.39 is 5.60 Å². The van der Waals surface area contributed by atoms with Crippen molar-refractivity contribution >= 4 is 40.7 Å². The van der Waals surface area contributed by atoms with Crippen molar-refractivity contribution in [1.82, 2.24) is 5.32 Å². The molecule has 1 aliphatic heterocycles. The largest absolute Gasteiger partial charge is 0.476 e. The summed E-state index contributed by atoms with van der Waals surface area (Å²) in [6.07, 6.45) is 0. The first-order valence-corrected chi connectivity index (χ1v) is 9.74. The van der Waals surface area contributed by atoms with E-state index in [9.17, 15) is 9.59 Å². The molecule has 0 saturated heterocycles. The van der Waals surface area contributed by atoms with Gasteiger partial charge in [-0.3, -0.25) is 9.59 Å². The van der Waals surface area contributed by atoms with E-state index >= 15 is 0 Å². The van der Waals surface area contributed by atoms with Gasteiger partial charge in [-0.1, -0.05) is 29.3 Å². The monoisotopic (exact) mass is 420 g/mol. The van der Waals surface area contributed by atoms with Gasteiger partial charge in [0.05, 0.1) is 12.2 Å². The summed E-state index contributed by atoms with van der Waals surface area (Å²) in [6, 6.07) is 10.2. The number of benzene rings is 2. The molecule has 148 valence electrons. The number of hydrogen-bond donors (Lipinski definition) is 1. The van der Waals surface area contributed by atoms with Gasteiger partial charge in [-0.05, 0) is 63.6 Å². The number of anilines is 1. The fourth-order valence-electron chi connectivity index (χ4n) is 3.03. The summed E-state index contributed by atoms with van der Waals surface area (Å²) in [7, 11) is 0. The molecule has 0 spiro atoms. The third-order valence-electron chi connectivity index (χ3n) is 4.40. The predicted octanol–water partition coefficient (Wildman–Crippen LogP) is 4.84. The fraction of sp³-hybridized carbons (Fsp3) is 0.333. The number of carbonyl (C=O) groups excluding carboxylic acids is 2. The van der Waals surface area contributed by atoms with Crippen molar-refractivity contribution in [3.05, 3.63) is 57.6 Å². The summed E-state index contributed by atoms with van der Waals surface area (Å²) in [6.45, 7) is 7.45. The number of ether oxygens (including phenoxy) is 1. The zero-order valence-electron chi connectivity index (χ0n) is 16.2. The van der Waals surface area contributed by atoms with E-state index in [0.717, 1.165) is 5.56 Å². The Kier molecular flexibility index (Phi) is 5.60. The number of nitrogens with zero attached hydrogens (tertiary/aromatic N) is 1. The first-order valence-electron chi connectivity index (χ1n) is 8.98. The van der Waals surface area contributed by atoms with Gasteiger partial charge in [-0.2, -0.15) is 0 Å². The molecule has 2 aromatic rings. The molecule has 2 aromatic carbocycles. The Balaban J connectivity index is 2.03. The van der Waals surface area contributed by atoms with Crippen molar-refractivity contribution in [2.45, 2.75) is 45.9 Å². The van der Waals surface area contributed by atoms with Gasteiger partial charge in [0, 0.05) is 21.7 Å². The highest BCUT2D eigenvalue weighted by Crippen LogP contribution is 2.40. The average Bonchev–Trinajstić information content (AvgIpc) is 2.59. The van der Waals surface area contributed by atoms with Crippen molar-refractivity contribution in [3.63, 3.8) is 0 Å². The molecule has 3 rings (SSSR count). The summed E-state index contributed by atoms with van der Waals surface area (Å²) in [5.41, 5.74) is 0.704. The minimum Gasteiger partial charge on any atom is -0.476 e. The topological polar surface area (TPSA) is 58.6 Å². The molecule has 0 aromatic heterocycles. The van der Waals surface area contributed by atoms with Crippen LogP contribution in [0.1, 0.15) is 43.6 Å². The quantitative estimate of drug-likeness (QED) is 0.769. The number of carbonyl (C=O) groups is 2. The summed E-state index contributed by atoms with van der Waals surface area (Å²) in [4.78, 5) is 27.1. The van der Waals surface area contributed by atoms with Crippen LogP contribution in [0.4, 0.5) is 5.69 Å². The number of nitrogens with one attached hydrogen (secondary N) is 1. The molecule has 5 nitrogen and oxygen atoms in total. The van der Waals surface area contributed by atoms with Gasteiger partial charge < -0.3 is 15.0 Å². The average molecular weight is 421 g/mol. The Morgan fingerprint density at radius 2 is 1.89 bits per heavy atom. The summed E-state index contributed by atoms with van der Waals surface area (Å²) in [5.74, 6) is 0.114. The van der Waals surface area contributed by atoms with E-state index in [2.05, 4.69) is 5.32 Å². The van der Waals surface area contributed by atoms with Crippen LogP contribution in [0.2, 0.25) is 10.0 Å². The standard InChI is InChI=1S/C21H22Cl2N2O3/c1-12(2)24-19(26)13-6-8-18-17(9-13)25(20(27)21(3,4)28-18)11-14-5-7-15(22)10-16(14)23/h5-10,12H,11H2,1-4H3,(H,24,26). The number of halogens is 2. The van der Waals surface area contributed by atoms with E-state index in [4.69, 9.17) is 27.9 Å². The van der Waals surface area contributed by atoms with E-state index in [0.29, 0.717) is 27.0 Å². The third-order valence-corrected chi connectivity index (χ3v) is 4.99. The van der Waals surface area contributed by atoms with Crippen LogP contribution in [-0.2, 0) is 11.3 Å². The normalized spacial score (nSPS) is 15.2. The van der Waals surface area contributed by atoms with Crippen LogP contribution in [0.25, 0.3) is 0 Å². The molecule has 7 heteroatoms. The predicted molar refractivity (Wildman–Crippen MR) is 111 cm³/mol. The maximum Gasteiger partial charge on any atom is 0.271 e. The molecule has 0 fully saturated rings. The minimum atomic E-state index is -1.03. The highest BCUT2D eigenvalue weighted by atomic mass is 35.5. The molecule has 1 N–H and O–H groups in total. The van der Waals surface area contributed by atoms with Gasteiger partial charge in [0.25, 0.3) is 11.8 Å². The molecule has 0 saturated carbocycles. The smallest absolute Gasteiger partial charge is 0.271 e. The van der Waals surface area contributed by atoms with Gasteiger partial charge in [0.1, 0.15) is 5.75 Å². The number of amides is 2. The van der Waals surface area contributed by atoms with Crippen molar-refractivity contribution in [2.75, 3.05) is 4.90 Å². The van der Waals surface area contributed by atoms with Crippen LogP contribution in [0.3, 0.4) is 0 Å². The second-order valence-corrected chi connectivity index (χ2v) is 8.39. The van der Waals surface area contributed by atoms with Gasteiger partial charge in [0.2, 0.25) is 0 Å². The van der Waals surface area contributed by atoms with Gasteiger partial charge >= 0.3 is 0 Å². The lowest BCUT2D eigenvalue weighted by Gasteiger charge is -2.39. The molecule has 28 heavy (non-hydrogen) atoms. The Hall–Kier alpha value is -2.24. The lowest BCUT2D eigenvalue weighted by atomic mass is 10.0. The van der Waals surface area contributed by atoms with Crippen LogP contribution < -0.4 is 15.0 Å². The summed E-state index contributed by atoms with van der Waals surface area (Å²) in [5, 5.41) is 3.85. The van der Waals surface area contributed by atoms with E-state index in [1.54, 1.807) is 55.1 Å². The second kappa shape index (κ2) is 7.64. The molecule has 1 heterocycles. The molecular formula is C21H22Cl2N2O3. The van der Waals surface area contributed by atoms with Crippen LogP contribution in [0.5, 0.6) is 5.75 Å². The molecular weight excluding hydrogens is 399 g/mol. The van der Waals surface area contributed by atoms with E-state index in [1.807, 2.05) is 13.8 Å². The maximum atomic E-state index is 13.1. The number of fused-ring (bicyclic) bond motifs is 1. The molecule has 2 amide bonds. The van der Waals surface area contributed by atoms with Crippen molar-refractivity contribution in [2.24, 2.45) is 0 Å². The molecule has 0 unspecified atom stereocenters. The molecule has 0 bridgehead atoms. The Morgan fingerprint density at radius 1 is 1.18 bits per heavy atom. The third kappa shape index (κ3) is 4.10. The zero-order valence-corrected chi connectivity index (χ0v) is 17.7. The highest BCUT2D eigenvalue weighted by molar-refractivity contribution is 6.35.